The van der Waals surface area contributed by atoms with Crippen molar-refractivity contribution in [3.05, 3.63) is 83.8 Å². The quantitative estimate of drug-likeness (QED) is 0.706. The number of rotatable bonds is 5. The van der Waals surface area contributed by atoms with E-state index in [1.54, 1.807) is 30.6 Å². The van der Waals surface area contributed by atoms with Crippen LogP contribution in [0.5, 0.6) is 0 Å². The van der Waals surface area contributed by atoms with Crippen LogP contribution in [0, 0.1) is 0 Å². The molecule has 0 aliphatic carbocycles. The average Bonchev–Trinajstić information content (AvgIpc) is 2.67. The van der Waals surface area contributed by atoms with E-state index in [4.69, 9.17) is 0 Å². The van der Waals surface area contributed by atoms with E-state index in [-0.39, 0.29) is 5.91 Å². The summed E-state index contributed by atoms with van der Waals surface area (Å²) in [6.07, 6.45) is 0.345. The zero-order chi connectivity index (χ0) is 19.3. The maximum atomic E-state index is 12.6. The molecule has 8 heteroatoms. The minimum absolute atomic E-state index is 0.287. The van der Waals surface area contributed by atoms with Crippen LogP contribution in [0.15, 0.2) is 67.1 Å². The van der Waals surface area contributed by atoms with Gasteiger partial charge in [0.1, 0.15) is 5.82 Å². The lowest BCUT2D eigenvalue weighted by molar-refractivity contribution is -0.137. The van der Waals surface area contributed by atoms with Crippen molar-refractivity contribution >= 4 is 17.4 Å². The molecule has 0 saturated carbocycles. The molecule has 5 nitrogen and oxygen atoms in total. The molecule has 27 heavy (non-hydrogen) atoms. The number of hydrogen-bond donors (Lipinski definition) is 2. The van der Waals surface area contributed by atoms with E-state index in [0.29, 0.717) is 23.6 Å². The summed E-state index contributed by atoms with van der Waals surface area (Å²) in [4.78, 5) is 20.3. The second kappa shape index (κ2) is 7.86. The molecule has 2 heterocycles. The van der Waals surface area contributed by atoms with Crippen LogP contribution >= 0.6 is 0 Å². The number of hydrogen-bond acceptors (Lipinski definition) is 4. The molecule has 1 aromatic carbocycles. The van der Waals surface area contributed by atoms with Gasteiger partial charge in [-0.3, -0.25) is 9.78 Å². The molecule has 1 amide bonds. The first kappa shape index (κ1) is 18.4. The van der Waals surface area contributed by atoms with Gasteiger partial charge in [0.25, 0.3) is 5.91 Å². The Morgan fingerprint density at radius 3 is 2.33 bits per heavy atom. The summed E-state index contributed by atoms with van der Waals surface area (Å²) >= 11 is 0. The zero-order valence-corrected chi connectivity index (χ0v) is 14.0. The first-order valence-corrected chi connectivity index (χ1v) is 7.99. The number of nitrogens with one attached hydrogen (secondary N) is 2. The molecule has 138 valence electrons. The van der Waals surface area contributed by atoms with Gasteiger partial charge in [0.2, 0.25) is 0 Å². The van der Waals surface area contributed by atoms with Gasteiger partial charge < -0.3 is 10.6 Å². The van der Waals surface area contributed by atoms with Crippen molar-refractivity contribution in [2.24, 2.45) is 0 Å². The highest BCUT2D eigenvalue weighted by Crippen LogP contribution is 2.30. The molecule has 2 N–H and O–H groups in total. The number of carbonyl (C=O) groups excluding carboxylic acids is 1. The van der Waals surface area contributed by atoms with E-state index >= 15 is 0 Å². The van der Waals surface area contributed by atoms with Crippen LogP contribution in [-0.2, 0) is 12.7 Å². The van der Waals surface area contributed by atoms with Gasteiger partial charge in [0.15, 0.2) is 0 Å². The predicted molar refractivity (Wildman–Crippen MR) is 94.4 cm³/mol. The standard InChI is InChI=1S/C19H15F3N4O/c20-19(21,22)15-1-3-16(4-2-15)26-17-11-14(7-10-24-17)18(27)25-12-13-5-8-23-9-6-13/h1-11H,12H2,(H,24,26)(H,25,27). The SMILES string of the molecule is O=C(NCc1ccncc1)c1ccnc(Nc2ccc(C(F)(F)F)cc2)c1. The molecule has 0 spiro atoms. The van der Waals surface area contributed by atoms with E-state index in [2.05, 4.69) is 20.6 Å². The molecule has 2 aromatic heterocycles. The van der Waals surface area contributed by atoms with Crippen LogP contribution in [0.2, 0.25) is 0 Å². The van der Waals surface area contributed by atoms with Crippen LogP contribution in [0.1, 0.15) is 21.5 Å². The van der Waals surface area contributed by atoms with Crippen molar-refractivity contribution in [3.63, 3.8) is 0 Å². The molecule has 0 aliphatic heterocycles. The maximum Gasteiger partial charge on any atom is 0.416 e. The monoisotopic (exact) mass is 372 g/mol. The van der Waals surface area contributed by atoms with Gasteiger partial charge in [0.05, 0.1) is 5.56 Å². The van der Waals surface area contributed by atoms with Crippen LogP contribution in [-0.4, -0.2) is 15.9 Å². The lowest BCUT2D eigenvalue weighted by Crippen LogP contribution is -2.22. The van der Waals surface area contributed by atoms with Crippen LogP contribution in [0.3, 0.4) is 0 Å². The second-order valence-electron chi connectivity index (χ2n) is 5.67. The van der Waals surface area contributed by atoms with Gasteiger partial charge in [-0.1, -0.05) is 0 Å². The highest BCUT2D eigenvalue weighted by molar-refractivity contribution is 5.94. The summed E-state index contributed by atoms with van der Waals surface area (Å²) in [6, 6.07) is 11.2. The van der Waals surface area contributed by atoms with Gasteiger partial charge in [-0.25, -0.2) is 4.98 Å². The van der Waals surface area contributed by atoms with Crippen LogP contribution < -0.4 is 10.6 Å². The van der Waals surface area contributed by atoms with Crippen molar-refractivity contribution in [3.8, 4) is 0 Å². The van der Waals surface area contributed by atoms with E-state index in [0.717, 1.165) is 17.7 Å². The number of anilines is 2. The summed E-state index contributed by atoms with van der Waals surface area (Å²) in [6.45, 7) is 0.353. The number of alkyl halides is 3. The van der Waals surface area contributed by atoms with Gasteiger partial charge in [-0.15, -0.1) is 0 Å². The zero-order valence-electron chi connectivity index (χ0n) is 14.0. The number of pyridine rings is 2. The molecule has 0 aliphatic rings. The minimum atomic E-state index is -4.39. The molecule has 0 saturated heterocycles. The van der Waals surface area contributed by atoms with Crippen LogP contribution in [0.4, 0.5) is 24.7 Å². The molecule has 0 atom stereocenters. The summed E-state index contributed by atoms with van der Waals surface area (Å²) < 4.78 is 37.8. The Morgan fingerprint density at radius 1 is 0.963 bits per heavy atom. The second-order valence-corrected chi connectivity index (χ2v) is 5.67. The molecule has 0 fully saturated rings. The number of carbonyl (C=O) groups is 1. The third-order valence-electron chi connectivity index (χ3n) is 3.71. The van der Waals surface area contributed by atoms with E-state index in [9.17, 15) is 18.0 Å². The van der Waals surface area contributed by atoms with E-state index in [1.165, 1.54) is 24.4 Å². The van der Waals surface area contributed by atoms with Gasteiger partial charge in [0, 0.05) is 36.4 Å². The predicted octanol–water partition coefficient (Wildman–Crippen LogP) is 4.17. The highest BCUT2D eigenvalue weighted by Gasteiger charge is 2.29. The number of nitrogens with zero attached hydrogens (tertiary/aromatic N) is 2. The Morgan fingerprint density at radius 2 is 1.67 bits per heavy atom. The lowest BCUT2D eigenvalue weighted by atomic mass is 10.2. The third kappa shape index (κ3) is 5.04. The first-order valence-electron chi connectivity index (χ1n) is 7.99. The van der Waals surface area contributed by atoms with Crippen molar-refractivity contribution in [1.82, 2.24) is 15.3 Å². The van der Waals surface area contributed by atoms with Crippen molar-refractivity contribution in [2.75, 3.05) is 5.32 Å². The number of benzene rings is 1. The van der Waals surface area contributed by atoms with Crippen LogP contribution in [0.25, 0.3) is 0 Å². The molecular formula is C19H15F3N4O. The largest absolute Gasteiger partial charge is 0.416 e. The lowest BCUT2D eigenvalue weighted by Gasteiger charge is -2.10. The normalized spacial score (nSPS) is 11.1. The number of amides is 1. The Bertz CT molecular complexity index is 912. The fourth-order valence-corrected chi connectivity index (χ4v) is 2.32. The van der Waals surface area contributed by atoms with Gasteiger partial charge >= 0.3 is 6.18 Å². The fourth-order valence-electron chi connectivity index (χ4n) is 2.32. The Hall–Kier alpha value is -3.42. The molecule has 3 aromatic rings. The molecule has 0 unspecified atom stereocenters. The van der Waals surface area contributed by atoms with Crippen molar-refractivity contribution in [2.45, 2.75) is 12.7 Å². The molecule has 0 radical (unpaired) electrons. The van der Waals surface area contributed by atoms with E-state index < -0.39 is 11.7 Å². The third-order valence-corrected chi connectivity index (χ3v) is 3.71. The fraction of sp³-hybridized carbons (Fsp3) is 0.105. The minimum Gasteiger partial charge on any atom is -0.348 e. The molecular weight excluding hydrogens is 357 g/mol. The average molecular weight is 372 g/mol. The summed E-state index contributed by atoms with van der Waals surface area (Å²) in [5.41, 5.74) is 0.999. The number of aromatic nitrogens is 2. The maximum absolute atomic E-state index is 12.6. The van der Waals surface area contributed by atoms with Gasteiger partial charge in [-0.2, -0.15) is 13.2 Å². The van der Waals surface area contributed by atoms with Crippen molar-refractivity contribution in [1.29, 1.82) is 0 Å². The Balaban J connectivity index is 1.65. The summed E-state index contributed by atoms with van der Waals surface area (Å²) in [5, 5.41) is 5.67. The highest BCUT2D eigenvalue weighted by atomic mass is 19.4. The molecule has 0 bridgehead atoms. The topological polar surface area (TPSA) is 66.9 Å². The number of halogens is 3. The van der Waals surface area contributed by atoms with Crippen molar-refractivity contribution < 1.29 is 18.0 Å². The van der Waals surface area contributed by atoms with Gasteiger partial charge in [-0.05, 0) is 54.1 Å². The smallest absolute Gasteiger partial charge is 0.348 e. The summed E-state index contributed by atoms with van der Waals surface area (Å²) in [7, 11) is 0. The first-order chi connectivity index (χ1) is 12.9. The Labute approximate surface area is 153 Å². The Kier molecular flexibility index (Phi) is 5.35. The summed E-state index contributed by atoms with van der Waals surface area (Å²) in [5.74, 6) is 0.0657. The van der Waals surface area contributed by atoms with E-state index in [1.807, 2.05) is 0 Å². The molecule has 3 rings (SSSR count).